The molecule has 32 heavy (non-hydrogen) atoms. The van der Waals surface area contributed by atoms with E-state index in [0.717, 1.165) is 0 Å². The molecule has 1 aliphatic rings. The van der Waals surface area contributed by atoms with Crippen LogP contribution in [0, 0.1) is 0 Å². The molecule has 0 radical (unpaired) electrons. The fraction of sp³-hybridized carbons (Fsp3) is 0.538. The molecule has 1 saturated heterocycles. The van der Waals surface area contributed by atoms with Gasteiger partial charge >= 0.3 is 23.5 Å². The predicted molar refractivity (Wildman–Crippen MR) is 106 cm³/mol. The predicted octanol–water partition coefficient (Wildman–Crippen LogP) is 0.569. The average Bonchev–Trinajstić information content (AvgIpc) is 3.12. The number of aliphatic hydroxyl groups is 1. The number of nitrogen functional groups attached to an aromatic ring is 1. The zero-order chi connectivity index (χ0) is 24.2. The summed E-state index contributed by atoms with van der Waals surface area (Å²) < 4.78 is 53.6. The maximum atomic E-state index is 12.0. The Bertz CT molecular complexity index is 1170. The van der Waals surface area contributed by atoms with Crippen LogP contribution >= 0.6 is 23.5 Å². The summed E-state index contributed by atoms with van der Waals surface area (Å²) in [4.78, 5) is 44.1. The van der Waals surface area contributed by atoms with E-state index in [4.69, 9.17) is 20.3 Å². The van der Waals surface area contributed by atoms with Gasteiger partial charge in [0.25, 0.3) is 0 Å². The molecule has 3 heterocycles. The van der Waals surface area contributed by atoms with Crippen LogP contribution in [0.5, 0.6) is 0 Å². The number of aromatic nitrogens is 3. The Labute approximate surface area is 180 Å². The molecule has 2 aromatic heterocycles. The number of anilines is 1. The maximum absolute atomic E-state index is 12.0. The Balaban J connectivity index is 1.76. The van der Waals surface area contributed by atoms with Gasteiger partial charge in [-0.1, -0.05) is 0 Å². The Morgan fingerprint density at radius 3 is 2.47 bits per heavy atom. The lowest BCUT2D eigenvalue weighted by atomic mass is 9.99. The number of nitrogens with two attached hydrogens (primary N) is 1. The molecule has 3 rings (SSSR count). The molecule has 0 aliphatic carbocycles. The van der Waals surface area contributed by atoms with Gasteiger partial charge < -0.3 is 39.7 Å². The summed E-state index contributed by atoms with van der Waals surface area (Å²) in [7, 11) is -16.6. The standard InChI is InChI=1S/C13H21N4O12P3/c1-12(6-26-31(22,23)29-32(24,25)28-30(19,20)21)9(18)5-13(2,27-12)17-4-3-8-10(14)15-7-16-11(8)17/h3-4,7,9,18H,5-6H2,1-2H3,(H,22,23)(H,24,25)(H2,14,15,16)(H2,19,20,21)/t9?,12-,13-/m1/s1. The fourth-order valence-corrected chi connectivity index (χ4v) is 6.44. The summed E-state index contributed by atoms with van der Waals surface area (Å²) in [5.41, 5.74) is 3.41. The SMILES string of the molecule is C[C@]1(COP(=O)(O)OP(=O)(O)OP(=O)(O)O)O[C@@](C)(n2ccc3c(N)ncnc32)CC1O. The molecule has 19 heteroatoms. The second kappa shape index (κ2) is 8.20. The Hall–Kier alpha value is -1.25. The number of phosphoric ester groups is 1. The fourth-order valence-electron chi connectivity index (χ4n) is 3.33. The lowest BCUT2D eigenvalue weighted by Gasteiger charge is -2.32. The average molecular weight is 518 g/mol. The maximum Gasteiger partial charge on any atom is 0.490 e. The Morgan fingerprint density at radius 1 is 1.19 bits per heavy atom. The summed E-state index contributed by atoms with van der Waals surface area (Å²) in [5, 5.41) is 11.1. The van der Waals surface area contributed by atoms with Gasteiger partial charge in [0.2, 0.25) is 0 Å². The molecule has 5 atom stereocenters. The number of phosphoric acid groups is 3. The van der Waals surface area contributed by atoms with Gasteiger partial charge in [0.05, 0.1) is 18.1 Å². The van der Waals surface area contributed by atoms with Crippen molar-refractivity contribution < 1.29 is 56.3 Å². The van der Waals surface area contributed by atoms with E-state index >= 15 is 0 Å². The molecule has 3 unspecified atom stereocenters. The first kappa shape index (κ1) is 25.4. The highest BCUT2D eigenvalue weighted by Crippen LogP contribution is 2.66. The van der Waals surface area contributed by atoms with Crippen LogP contribution in [0.2, 0.25) is 0 Å². The molecule has 7 N–H and O–H groups in total. The van der Waals surface area contributed by atoms with Gasteiger partial charge in [-0.3, -0.25) is 4.52 Å². The van der Waals surface area contributed by atoms with E-state index in [1.807, 2.05) is 0 Å². The normalized spacial score (nSPS) is 30.3. The number of hydrogen-bond donors (Lipinski definition) is 6. The van der Waals surface area contributed by atoms with Crippen molar-refractivity contribution in [3.8, 4) is 0 Å². The van der Waals surface area contributed by atoms with Crippen molar-refractivity contribution in [2.24, 2.45) is 0 Å². The molecule has 1 aliphatic heterocycles. The van der Waals surface area contributed by atoms with Gasteiger partial charge in [0.1, 0.15) is 29.1 Å². The molecular formula is C13H21N4O12P3. The van der Waals surface area contributed by atoms with Crippen LogP contribution in [0.25, 0.3) is 11.0 Å². The van der Waals surface area contributed by atoms with Crippen molar-refractivity contribution in [3.05, 3.63) is 18.6 Å². The monoisotopic (exact) mass is 518 g/mol. The van der Waals surface area contributed by atoms with Gasteiger partial charge in [-0.05, 0) is 19.9 Å². The zero-order valence-electron chi connectivity index (χ0n) is 16.6. The molecule has 1 fully saturated rings. The molecule has 0 spiro atoms. The van der Waals surface area contributed by atoms with Crippen molar-refractivity contribution in [2.75, 3.05) is 12.3 Å². The number of fused-ring (bicyclic) bond motifs is 1. The number of ether oxygens (including phenoxy) is 1. The van der Waals surface area contributed by atoms with E-state index < -0.39 is 47.5 Å². The van der Waals surface area contributed by atoms with E-state index in [9.17, 15) is 28.6 Å². The summed E-state index contributed by atoms with van der Waals surface area (Å²) >= 11 is 0. The largest absolute Gasteiger partial charge is 0.490 e. The van der Waals surface area contributed by atoms with Crippen molar-refractivity contribution in [3.63, 3.8) is 0 Å². The van der Waals surface area contributed by atoms with Crippen molar-refractivity contribution in [1.82, 2.24) is 14.5 Å². The van der Waals surface area contributed by atoms with E-state index in [1.54, 1.807) is 23.8 Å². The van der Waals surface area contributed by atoms with Crippen LogP contribution in [0.3, 0.4) is 0 Å². The van der Waals surface area contributed by atoms with Crippen molar-refractivity contribution in [2.45, 2.75) is 37.7 Å². The van der Waals surface area contributed by atoms with Crippen LogP contribution in [0.1, 0.15) is 20.3 Å². The second-order valence-corrected chi connectivity index (χ2v) is 11.8. The quantitative estimate of drug-likeness (QED) is 0.261. The highest BCUT2D eigenvalue weighted by Gasteiger charge is 2.53. The molecule has 0 bridgehead atoms. The summed E-state index contributed by atoms with van der Waals surface area (Å²) in [6.45, 7) is 2.15. The highest BCUT2D eigenvalue weighted by molar-refractivity contribution is 7.66. The Kier molecular flexibility index (Phi) is 6.50. The first-order valence-corrected chi connectivity index (χ1v) is 13.2. The highest BCUT2D eigenvalue weighted by atomic mass is 31.3. The minimum Gasteiger partial charge on any atom is -0.390 e. The third-order valence-corrected chi connectivity index (χ3v) is 8.46. The van der Waals surface area contributed by atoms with Crippen LogP contribution < -0.4 is 5.73 Å². The van der Waals surface area contributed by atoms with Gasteiger partial charge in [0.15, 0.2) is 0 Å². The molecule has 16 nitrogen and oxygen atoms in total. The van der Waals surface area contributed by atoms with Gasteiger partial charge in [-0.2, -0.15) is 8.62 Å². The van der Waals surface area contributed by atoms with Crippen LogP contribution in [-0.2, 0) is 37.3 Å². The van der Waals surface area contributed by atoms with Crippen LogP contribution in [0.15, 0.2) is 18.6 Å². The number of aliphatic hydroxyl groups excluding tert-OH is 1. The Morgan fingerprint density at radius 2 is 1.84 bits per heavy atom. The van der Waals surface area contributed by atoms with Crippen molar-refractivity contribution in [1.29, 1.82) is 0 Å². The zero-order valence-corrected chi connectivity index (χ0v) is 19.3. The first-order chi connectivity index (χ1) is 14.5. The third kappa shape index (κ3) is 5.45. The van der Waals surface area contributed by atoms with Gasteiger partial charge in [0, 0.05) is 12.6 Å². The third-order valence-electron chi connectivity index (χ3n) is 4.68. The van der Waals surface area contributed by atoms with Crippen LogP contribution in [0.4, 0.5) is 5.82 Å². The number of rotatable bonds is 8. The second-order valence-electron chi connectivity index (χ2n) is 7.36. The van der Waals surface area contributed by atoms with Gasteiger partial charge in [-0.25, -0.2) is 23.7 Å². The first-order valence-electron chi connectivity index (χ1n) is 8.70. The topological polar surface area (TPSA) is 246 Å². The molecule has 0 saturated carbocycles. The smallest absolute Gasteiger partial charge is 0.390 e. The molecule has 2 aromatic rings. The van der Waals surface area contributed by atoms with E-state index in [0.29, 0.717) is 11.0 Å². The van der Waals surface area contributed by atoms with Crippen LogP contribution in [-0.4, -0.2) is 57.5 Å². The molecular weight excluding hydrogens is 497 g/mol. The summed E-state index contributed by atoms with van der Waals surface area (Å²) in [6, 6.07) is 1.65. The molecule has 180 valence electrons. The lowest BCUT2D eigenvalue weighted by molar-refractivity contribution is -0.157. The minimum absolute atomic E-state index is 0.0169. The van der Waals surface area contributed by atoms with E-state index in [1.165, 1.54) is 13.3 Å². The lowest BCUT2D eigenvalue weighted by Crippen LogP contribution is -2.41. The van der Waals surface area contributed by atoms with E-state index in [-0.39, 0.29) is 12.2 Å². The summed E-state index contributed by atoms with van der Waals surface area (Å²) in [5.74, 6) is 0.228. The minimum atomic E-state index is -5.67. The summed E-state index contributed by atoms with van der Waals surface area (Å²) in [6.07, 6.45) is 1.58. The molecule has 0 aromatic carbocycles. The number of nitrogens with zero attached hydrogens (tertiary/aromatic N) is 3. The molecule has 0 amide bonds. The van der Waals surface area contributed by atoms with Crippen molar-refractivity contribution >= 4 is 40.3 Å². The number of hydrogen-bond acceptors (Lipinski definition) is 11. The van der Waals surface area contributed by atoms with E-state index in [2.05, 4.69) is 23.1 Å². The van der Waals surface area contributed by atoms with Gasteiger partial charge in [-0.15, -0.1) is 0 Å².